The molecule has 0 saturated carbocycles. The number of rotatable bonds is 5. The fourth-order valence-corrected chi connectivity index (χ4v) is 3.21. The molecule has 2 rings (SSSR count). The Morgan fingerprint density at radius 3 is 2.78 bits per heavy atom. The van der Waals surface area contributed by atoms with E-state index in [4.69, 9.17) is 15.5 Å². The summed E-state index contributed by atoms with van der Waals surface area (Å²) >= 11 is 1.73. The molecule has 0 aliphatic heterocycles. The number of methoxy groups -OCH3 is 1. The van der Waals surface area contributed by atoms with E-state index >= 15 is 0 Å². The van der Waals surface area contributed by atoms with E-state index in [0.717, 1.165) is 22.7 Å². The molecule has 0 amide bonds. The second-order valence-corrected chi connectivity index (χ2v) is 6.01. The Labute approximate surface area is 112 Å². The Balaban J connectivity index is 2.33. The van der Waals surface area contributed by atoms with E-state index < -0.39 is 0 Å². The number of benzene rings is 1. The van der Waals surface area contributed by atoms with Crippen LogP contribution in [0.25, 0.3) is 10.2 Å². The summed E-state index contributed by atoms with van der Waals surface area (Å²) in [6.45, 7) is 5.10. The highest BCUT2D eigenvalue weighted by molar-refractivity contribution is 7.18. The van der Waals surface area contributed by atoms with Crippen molar-refractivity contribution in [2.24, 2.45) is 11.7 Å². The van der Waals surface area contributed by atoms with Gasteiger partial charge in [-0.25, -0.2) is 4.98 Å². The van der Waals surface area contributed by atoms with Crippen LogP contribution in [0.3, 0.4) is 0 Å². The van der Waals surface area contributed by atoms with Gasteiger partial charge in [0, 0.05) is 12.5 Å². The minimum absolute atomic E-state index is 0.369. The fourth-order valence-electron chi connectivity index (χ4n) is 2.09. The molecule has 0 bridgehead atoms. The molecule has 4 heteroatoms. The Morgan fingerprint density at radius 1 is 1.39 bits per heavy atom. The molecule has 0 fully saturated rings. The normalized spacial score (nSPS) is 13.2. The highest BCUT2D eigenvalue weighted by Crippen LogP contribution is 2.32. The molecule has 1 unspecified atom stereocenters. The van der Waals surface area contributed by atoms with Crippen molar-refractivity contribution in [1.29, 1.82) is 0 Å². The number of fused-ring (bicyclic) bond motifs is 1. The molecular weight excluding hydrogens is 244 g/mol. The Hall–Kier alpha value is -1.13. The molecule has 18 heavy (non-hydrogen) atoms. The first-order valence-corrected chi connectivity index (χ1v) is 7.10. The lowest BCUT2D eigenvalue weighted by Crippen LogP contribution is -2.14. The van der Waals surface area contributed by atoms with E-state index in [0.29, 0.717) is 18.4 Å². The van der Waals surface area contributed by atoms with Crippen molar-refractivity contribution in [3.63, 3.8) is 0 Å². The molecule has 0 radical (unpaired) electrons. The summed E-state index contributed by atoms with van der Waals surface area (Å²) < 4.78 is 6.41. The van der Waals surface area contributed by atoms with Crippen LogP contribution >= 0.6 is 11.3 Å². The number of aromatic nitrogens is 1. The standard InChI is InChI=1S/C14H20N2OS/c1-9(2)6-10(8-15)14-16-12-5-4-11(17-3)7-13(12)18-14/h4-5,7,9-10H,6,8,15H2,1-3H3. The first kappa shape index (κ1) is 13.3. The molecular formula is C14H20N2OS. The Bertz CT molecular complexity index is 521. The third-order valence-electron chi connectivity index (χ3n) is 3.00. The minimum atomic E-state index is 0.369. The van der Waals surface area contributed by atoms with Gasteiger partial charge in [0.25, 0.3) is 0 Å². The third kappa shape index (κ3) is 2.82. The van der Waals surface area contributed by atoms with Crippen molar-refractivity contribution in [2.75, 3.05) is 13.7 Å². The van der Waals surface area contributed by atoms with E-state index in [1.54, 1.807) is 18.4 Å². The van der Waals surface area contributed by atoms with Crippen molar-refractivity contribution < 1.29 is 4.74 Å². The number of thiazole rings is 1. The van der Waals surface area contributed by atoms with Crippen LogP contribution in [-0.4, -0.2) is 18.6 Å². The maximum absolute atomic E-state index is 5.87. The molecule has 98 valence electrons. The predicted molar refractivity (Wildman–Crippen MR) is 77.4 cm³/mol. The van der Waals surface area contributed by atoms with Gasteiger partial charge in [-0.15, -0.1) is 11.3 Å². The summed E-state index contributed by atoms with van der Waals surface area (Å²) in [5.74, 6) is 1.89. The highest BCUT2D eigenvalue weighted by atomic mass is 32.1. The quantitative estimate of drug-likeness (QED) is 0.900. The van der Waals surface area contributed by atoms with Crippen LogP contribution in [0.5, 0.6) is 5.75 Å². The van der Waals surface area contributed by atoms with Crippen molar-refractivity contribution in [3.05, 3.63) is 23.2 Å². The van der Waals surface area contributed by atoms with Gasteiger partial charge in [0.2, 0.25) is 0 Å². The monoisotopic (exact) mass is 264 g/mol. The average molecular weight is 264 g/mol. The van der Waals surface area contributed by atoms with Gasteiger partial charge in [-0.2, -0.15) is 0 Å². The van der Waals surface area contributed by atoms with Gasteiger partial charge in [-0.05, 0) is 30.5 Å². The second-order valence-electron chi connectivity index (χ2n) is 4.95. The molecule has 1 aromatic carbocycles. The molecule has 0 saturated heterocycles. The summed E-state index contributed by atoms with van der Waals surface area (Å²) in [7, 11) is 1.69. The molecule has 1 heterocycles. The number of hydrogen-bond acceptors (Lipinski definition) is 4. The molecule has 0 aliphatic rings. The largest absolute Gasteiger partial charge is 0.497 e. The van der Waals surface area contributed by atoms with Crippen molar-refractivity contribution in [3.8, 4) is 5.75 Å². The Kier molecular flexibility index (Phi) is 4.19. The summed E-state index contributed by atoms with van der Waals surface area (Å²) in [4.78, 5) is 4.70. The number of ether oxygens (including phenoxy) is 1. The summed E-state index contributed by atoms with van der Waals surface area (Å²) in [5.41, 5.74) is 6.91. The first-order valence-electron chi connectivity index (χ1n) is 6.28. The van der Waals surface area contributed by atoms with Gasteiger partial charge in [-0.1, -0.05) is 13.8 Å². The minimum Gasteiger partial charge on any atom is -0.497 e. The van der Waals surface area contributed by atoms with Crippen molar-refractivity contribution >= 4 is 21.6 Å². The smallest absolute Gasteiger partial charge is 0.120 e. The van der Waals surface area contributed by atoms with Gasteiger partial charge < -0.3 is 10.5 Å². The van der Waals surface area contributed by atoms with E-state index in [2.05, 4.69) is 13.8 Å². The summed E-state index contributed by atoms with van der Waals surface area (Å²) in [6.07, 6.45) is 1.09. The predicted octanol–water partition coefficient (Wildman–Crippen LogP) is 3.39. The van der Waals surface area contributed by atoms with E-state index in [1.165, 1.54) is 4.70 Å². The number of hydrogen-bond donors (Lipinski definition) is 1. The lowest BCUT2D eigenvalue weighted by molar-refractivity contribution is 0.415. The van der Waals surface area contributed by atoms with Gasteiger partial charge >= 0.3 is 0 Å². The van der Waals surface area contributed by atoms with Gasteiger partial charge in [0.05, 0.1) is 22.3 Å². The average Bonchev–Trinajstić information content (AvgIpc) is 2.77. The zero-order chi connectivity index (χ0) is 13.1. The van der Waals surface area contributed by atoms with E-state index in [1.807, 2.05) is 18.2 Å². The van der Waals surface area contributed by atoms with Crippen molar-refractivity contribution in [1.82, 2.24) is 4.98 Å². The summed E-state index contributed by atoms with van der Waals surface area (Å²) in [6, 6.07) is 6.00. The van der Waals surface area contributed by atoms with Gasteiger partial charge in [-0.3, -0.25) is 0 Å². The SMILES string of the molecule is COc1ccc2nc(C(CN)CC(C)C)sc2c1. The van der Waals surface area contributed by atoms with E-state index in [-0.39, 0.29) is 0 Å². The zero-order valence-corrected chi connectivity index (χ0v) is 12.0. The van der Waals surface area contributed by atoms with Crippen LogP contribution in [0.4, 0.5) is 0 Å². The lowest BCUT2D eigenvalue weighted by atomic mass is 9.98. The zero-order valence-electron chi connectivity index (χ0n) is 11.1. The van der Waals surface area contributed by atoms with Gasteiger partial charge in [0.1, 0.15) is 5.75 Å². The maximum Gasteiger partial charge on any atom is 0.120 e. The van der Waals surface area contributed by atoms with Crippen LogP contribution in [-0.2, 0) is 0 Å². The topological polar surface area (TPSA) is 48.1 Å². The van der Waals surface area contributed by atoms with Crippen LogP contribution in [0.15, 0.2) is 18.2 Å². The van der Waals surface area contributed by atoms with E-state index in [9.17, 15) is 0 Å². The molecule has 0 aliphatic carbocycles. The summed E-state index contributed by atoms with van der Waals surface area (Å²) in [5, 5.41) is 1.15. The van der Waals surface area contributed by atoms with Crippen LogP contribution in [0, 0.1) is 5.92 Å². The van der Waals surface area contributed by atoms with Crippen molar-refractivity contribution in [2.45, 2.75) is 26.2 Å². The first-order chi connectivity index (χ1) is 8.63. The molecule has 1 aromatic heterocycles. The molecule has 2 N–H and O–H groups in total. The number of nitrogens with two attached hydrogens (primary N) is 1. The highest BCUT2D eigenvalue weighted by Gasteiger charge is 2.16. The molecule has 1 atom stereocenters. The van der Waals surface area contributed by atoms with Gasteiger partial charge in [0.15, 0.2) is 0 Å². The fraction of sp³-hybridized carbons (Fsp3) is 0.500. The molecule has 3 nitrogen and oxygen atoms in total. The maximum atomic E-state index is 5.87. The molecule has 0 spiro atoms. The second kappa shape index (κ2) is 5.67. The number of nitrogens with zero attached hydrogens (tertiary/aromatic N) is 1. The van der Waals surface area contributed by atoms with Crippen LogP contribution < -0.4 is 10.5 Å². The van der Waals surface area contributed by atoms with Crippen LogP contribution in [0.1, 0.15) is 31.2 Å². The lowest BCUT2D eigenvalue weighted by Gasteiger charge is -2.13. The van der Waals surface area contributed by atoms with Crippen LogP contribution in [0.2, 0.25) is 0 Å². The third-order valence-corrected chi connectivity index (χ3v) is 4.18. The molecule has 2 aromatic rings. The Morgan fingerprint density at radius 2 is 2.17 bits per heavy atom.